The van der Waals surface area contributed by atoms with Crippen LogP contribution in [0.25, 0.3) is 33.3 Å². The zero-order valence-electron chi connectivity index (χ0n) is 19.3. The van der Waals surface area contributed by atoms with Gasteiger partial charge in [0, 0.05) is 30.9 Å². The summed E-state index contributed by atoms with van der Waals surface area (Å²) in [5.41, 5.74) is 4.31. The number of hydrogen-bond acceptors (Lipinski definition) is 6. The summed E-state index contributed by atoms with van der Waals surface area (Å²) in [6.07, 6.45) is 6.03. The maximum absolute atomic E-state index is 11.4. The van der Waals surface area contributed by atoms with Gasteiger partial charge in [0.05, 0.1) is 40.7 Å². The van der Waals surface area contributed by atoms with E-state index in [1.54, 1.807) is 18.5 Å². The van der Waals surface area contributed by atoms with Gasteiger partial charge in [0.1, 0.15) is 27.9 Å². The van der Waals surface area contributed by atoms with Crippen LogP contribution < -0.4 is 4.74 Å². The number of benzene rings is 2. The maximum Gasteiger partial charge on any atom is 0.407 e. The van der Waals surface area contributed by atoms with Gasteiger partial charge in [0.25, 0.3) is 0 Å². The number of aryl methyl sites for hydroxylation is 1. The Kier molecular flexibility index (Phi) is 5.45. The molecule has 1 fully saturated rings. The van der Waals surface area contributed by atoms with Gasteiger partial charge in [-0.2, -0.15) is 5.10 Å². The summed E-state index contributed by atoms with van der Waals surface area (Å²) in [4.78, 5) is 29.7. The molecule has 1 saturated heterocycles. The number of piperidine rings is 1. The summed E-state index contributed by atoms with van der Waals surface area (Å²) in [7, 11) is 0. The highest BCUT2D eigenvalue weighted by atomic mass is 35.5. The average Bonchev–Trinajstić information content (AvgIpc) is 3.52. The number of hydrogen-bond donors (Lipinski definition) is 2. The zero-order chi connectivity index (χ0) is 24.8. The Labute approximate surface area is 210 Å². The molecule has 6 rings (SSSR count). The van der Waals surface area contributed by atoms with Crippen LogP contribution in [0.2, 0.25) is 5.02 Å². The van der Waals surface area contributed by atoms with Crippen LogP contribution in [-0.4, -0.2) is 58.9 Å². The molecule has 2 aromatic carbocycles. The van der Waals surface area contributed by atoms with E-state index < -0.39 is 6.09 Å². The molecule has 0 spiro atoms. The molecular weight excluding hydrogens is 482 g/mol. The van der Waals surface area contributed by atoms with Gasteiger partial charge in [0.2, 0.25) is 0 Å². The number of rotatable bonds is 4. The third kappa shape index (κ3) is 4.09. The first kappa shape index (κ1) is 22.3. The smallest absolute Gasteiger partial charge is 0.407 e. The van der Waals surface area contributed by atoms with Gasteiger partial charge in [-0.25, -0.2) is 14.8 Å². The molecule has 1 atom stereocenters. The normalized spacial score (nSPS) is 16.1. The van der Waals surface area contributed by atoms with E-state index in [1.165, 1.54) is 4.90 Å². The Morgan fingerprint density at radius 3 is 2.92 bits per heavy atom. The van der Waals surface area contributed by atoms with Crippen LogP contribution in [0.1, 0.15) is 24.7 Å². The van der Waals surface area contributed by atoms with Gasteiger partial charge in [0.15, 0.2) is 0 Å². The third-order valence-corrected chi connectivity index (χ3v) is 6.72. The molecule has 0 bridgehead atoms. The Morgan fingerprint density at radius 2 is 2.06 bits per heavy atom. The summed E-state index contributed by atoms with van der Waals surface area (Å²) in [6.45, 7) is 2.87. The van der Waals surface area contributed by atoms with Crippen LogP contribution in [0.4, 0.5) is 4.79 Å². The number of carbonyl (C=O) groups is 1. The molecule has 11 heteroatoms. The van der Waals surface area contributed by atoms with E-state index in [0.717, 1.165) is 35.3 Å². The standard InChI is InChI=1S/C25H22ClN7O3/c1-14-29-18-5-4-17(9-20(18)30-14)36-22-7-6-19-24(23(22)26)31-21(11-27-19)15-10-28-33(12-15)16-3-2-8-32(13-16)25(34)35/h4-7,9-12,16H,2-3,8,13H2,1H3,(H,29,30)(H,34,35). The Hall–Kier alpha value is -4.18. The topological polar surface area (TPSA) is 122 Å². The van der Waals surface area contributed by atoms with Crippen molar-refractivity contribution >= 4 is 39.8 Å². The summed E-state index contributed by atoms with van der Waals surface area (Å²) >= 11 is 6.72. The lowest BCUT2D eigenvalue weighted by molar-refractivity contribution is 0.119. The van der Waals surface area contributed by atoms with Crippen molar-refractivity contribution in [2.24, 2.45) is 0 Å². The number of imidazole rings is 1. The fraction of sp³-hybridized carbons (Fsp3) is 0.240. The highest BCUT2D eigenvalue weighted by molar-refractivity contribution is 6.36. The van der Waals surface area contributed by atoms with E-state index in [-0.39, 0.29) is 6.04 Å². The molecule has 1 unspecified atom stereocenters. The van der Waals surface area contributed by atoms with Crippen molar-refractivity contribution in [2.75, 3.05) is 13.1 Å². The van der Waals surface area contributed by atoms with E-state index in [0.29, 0.717) is 46.3 Å². The number of amides is 1. The van der Waals surface area contributed by atoms with Gasteiger partial charge in [-0.3, -0.25) is 9.67 Å². The van der Waals surface area contributed by atoms with E-state index in [9.17, 15) is 9.90 Å². The predicted octanol–water partition coefficient (Wildman–Crippen LogP) is 5.44. The van der Waals surface area contributed by atoms with E-state index in [4.69, 9.17) is 21.3 Å². The third-order valence-electron chi connectivity index (χ3n) is 6.36. The SMILES string of the molecule is Cc1nc2ccc(Oc3ccc4ncc(-c5cnn(C6CCCN(C(=O)O)C6)c5)nc4c3Cl)cc2[nH]1. The first-order valence-corrected chi connectivity index (χ1v) is 11.9. The lowest BCUT2D eigenvalue weighted by atomic mass is 10.1. The van der Waals surface area contributed by atoms with Crippen LogP contribution in [0.3, 0.4) is 0 Å². The van der Waals surface area contributed by atoms with E-state index >= 15 is 0 Å². The first-order valence-electron chi connectivity index (χ1n) is 11.6. The number of halogens is 1. The van der Waals surface area contributed by atoms with Crippen molar-refractivity contribution in [3.05, 3.63) is 59.8 Å². The van der Waals surface area contributed by atoms with Crippen LogP contribution in [0, 0.1) is 6.92 Å². The molecule has 0 aliphatic carbocycles. The summed E-state index contributed by atoms with van der Waals surface area (Å²) in [6, 6.07) is 9.19. The van der Waals surface area contributed by atoms with Crippen molar-refractivity contribution in [3.63, 3.8) is 0 Å². The van der Waals surface area contributed by atoms with E-state index in [2.05, 4.69) is 20.1 Å². The lowest BCUT2D eigenvalue weighted by Crippen LogP contribution is -2.39. The largest absolute Gasteiger partial charge is 0.465 e. The predicted molar refractivity (Wildman–Crippen MR) is 135 cm³/mol. The minimum atomic E-state index is -0.903. The molecule has 36 heavy (non-hydrogen) atoms. The second kappa shape index (κ2) is 8.80. The van der Waals surface area contributed by atoms with Crippen molar-refractivity contribution in [2.45, 2.75) is 25.8 Å². The number of carboxylic acid groups (broad SMARTS) is 1. The first-order chi connectivity index (χ1) is 17.4. The molecule has 1 amide bonds. The molecule has 0 saturated carbocycles. The number of H-pyrrole nitrogens is 1. The molecule has 2 N–H and O–H groups in total. The van der Waals surface area contributed by atoms with Gasteiger partial charge >= 0.3 is 6.09 Å². The van der Waals surface area contributed by atoms with Gasteiger partial charge in [-0.05, 0) is 44.0 Å². The molecule has 5 aromatic rings. The zero-order valence-corrected chi connectivity index (χ0v) is 20.1. The van der Waals surface area contributed by atoms with Gasteiger partial charge < -0.3 is 19.7 Å². The maximum atomic E-state index is 11.4. The second-order valence-electron chi connectivity index (χ2n) is 8.84. The van der Waals surface area contributed by atoms with Crippen LogP contribution in [0.5, 0.6) is 11.5 Å². The van der Waals surface area contributed by atoms with Gasteiger partial charge in [-0.1, -0.05) is 11.6 Å². The highest BCUT2D eigenvalue weighted by Gasteiger charge is 2.25. The number of nitrogens with zero attached hydrogens (tertiary/aromatic N) is 6. The Morgan fingerprint density at radius 1 is 1.19 bits per heavy atom. The van der Waals surface area contributed by atoms with Crippen LogP contribution in [0.15, 0.2) is 48.9 Å². The number of fused-ring (bicyclic) bond motifs is 2. The molecule has 10 nitrogen and oxygen atoms in total. The number of likely N-dealkylation sites (tertiary alicyclic amines) is 1. The quantitative estimate of drug-likeness (QED) is 0.335. The summed E-state index contributed by atoms with van der Waals surface area (Å²) in [5.74, 6) is 1.93. The number of aromatic amines is 1. The number of ether oxygens (including phenoxy) is 1. The Bertz CT molecular complexity index is 1610. The minimum absolute atomic E-state index is 0.0170. The van der Waals surface area contributed by atoms with Crippen molar-refractivity contribution < 1.29 is 14.6 Å². The molecule has 182 valence electrons. The van der Waals surface area contributed by atoms with Crippen molar-refractivity contribution in [1.82, 2.24) is 34.6 Å². The molecule has 1 aliphatic heterocycles. The minimum Gasteiger partial charge on any atom is -0.465 e. The monoisotopic (exact) mass is 503 g/mol. The highest BCUT2D eigenvalue weighted by Crippen LogP contribution is 2.36. The van der Waals surface area contributed by atoms with E-state index in [1.807, 2.05) is 42.1 Å². The van der Waals surface area contributed by atoms with Gasteiger partial charge in [-0.15, -0.1) is 0 Å². The van der Waals surface area contributed by atoms with Crippen molar-refractivity contribution in [3.8, 4) is 22.8 Å². The van der Waals surface area contributed by atoms with Crippen LogP contribution in [-0.2, 0) is 0 Å². The second-order valence-corrected chi connectivity index (χ2v) is 9.22. The lowest BCUT2D eigenvalue weighted by Gasteiger charge is -2.30. The van der Waals surface area contributed by atoms with Crippen molar-refractivity contribution in [1.29, 1.82) is 0 Å². The fourth-order valence-corrected chi connectivity index (χ4v) is 4.81. The van der Waals surface area contributed by atoms with Crippen LogP contribution >= 0.6 is 11.6 Å². The molecular formula is C25H22ClN7O3. The molecule has 4 heterocycles. The molecule has 1 aliphatic rings. The average molecular weight is 504 g/mol. The summed E-state index contributed by atoms with van der Waals surface area (Å²) < 4.78 is 7.89. The number of aromatic nitrogens is 6. The fourth-order valence-electron chi connectivity index (χ4n) is 4.57. The summed E-state index contributed by atoms with van der Waals surface area (Å²) in [5, 5.41) is 14.2. The molecule has 3 aromatic heterocycles. The Balaban J connectivity index is 1.29. The molecule has 0 radical (unpaired) electrons. The number of nitrogens with one attached hydrogen (secondary N) is 1.